The second kappa shape index (κ2) is 7.43. The van der Waals surface area contributed by atoms with Crippen LogP contribution in [-0.4, -0.2) is 41.3 Å². The number of hydrogen-bond acceptors (Lipinski definition) is 6. The molecule has 0 aliphatic heterocycles. The molecule has 3 aromatic rings. The van der Waals surface area contributed by atoms with E-state index in [9.17, 15) is 4.79 Å². The van der Waals surface area contributed by atoms with E-state index in [0.717, 1.165) is 11.0 Å². The van der Waals surface area contributed by atoms with Crippen molar-refractivity contribution in [3.05, 3.63) is 48.0 Å². The molecule has 25 heavy (non-hydrogen) atoms. The molecule has 3 rings (SSSR count). The van der Waals surface area contributed by atoms with Crippen LogP contribution in [0.5, 0.6) is 11.5 Å². The average Bonchev–Trinajstić information content (AvgIpc) is 3.04. The Kier molecular flexibility index (Phi) is 4.89. The molecule has 0 atom stereocenters. The number of hydrogen-bond donors (Lipinski definition) is 1. The first kappa shape index (κ1) is 16.4. The van der Waals surface area contributed by atoms with Crippen LogP contribution < -0.4 is 14.9 Å². The number of carbonyl (C=O) groups excluding carboxylic acids is 1. The van der Waals surface area contributed by atoms with Gasteiger partial charge < -0.3 is 9.47 Å². The van der Waals surface area contributed by atoms with Gasteiger partial charge in [0.1, 0.15) is 23.6 Å². The Balaban J connectivity index is 1.67. The number of nitrogens with zero attached hydrogens (tertiary/aromatic N) is 4. The van der Waals surface area contributed by atoms with Gasteiger partial charge in [-0.15, -0.1) is 5.10 Å². The molecule has 0 aliphatic rings. The topological polar surface area (TPSA) is 90.6 Å². The molecule has 0 saturated heterocycles. The highest BCUT2D eigenvalue weighted by molar-refractivity contribution is 5.86. The van der Waals surface area contributed by atoms with Gasteiger partial charge in [-0.2, -0.15) is 5.10 Å². The molecule has 8 nitrogen and oxygen atoms in total. The summed E-state index contributed by atoms with van der Waals surface area (Å²) in [6, 6.07) is 12.7. The summed E-state index contributed by atoms with van der Waals surface area (Å²) >= 11 is 0. The van der Waals surface area contributed by atoms with Crippen molar-refractivity contribution in [1.29, 1.82) is 0 Å². The fraction of sp³-hybridized carbons (Fsp3) is 0.176. The van der Waals surface area contributed by atoms with Crippen molar-refractivity contribution in [2.75, 3.05) is 14.2 Å². The molecule has 1 aromatic heterocycles. The zero-order valence-electron chi connectivity index (χ0n) is 13.8. The number of hydrazone groups is 1. The molecule has 0 saturated carbocycles. The third kappa shape index (κ3) is 3.74. The van der Waals surface area contributed by atoms with Crippen molar-refractivity contribution in [2.45, 2.75) is 6.54 Å². The highest BCUT2D eigenvalue weighted by Gasteiger charge is 2.08. The number of para-hydroxylation sites is 1. The standard InChI is InChI=1S/C17H17N5O3/c1-24-13-7-8-16(25-2)12(9-13)10-18-20-17(23)11-22-15-6-4-3-5-14(15)19-21-22/h3-10H,11H2,1-2H3,(H,20,23)/b18-10-. The van der Waals surface area contributed by atoms with Crippen LogP contribution in [-0.2, 0) is 11.3 Å². The lowest BCUT2D eigenvalue weighted by molar-refractivity contribution is -0.121. The number of amides is 1. The van der Waals surface area contributed by atoms with Gasteiger partial charge in [0.25, 0.3) is 5.91 Å². The number of aromatic nitrogens is 3. The number of carbonyl (C=O) groups is 1. The maximum absolute atomic E-state index is 12.1. The third-order valence-electron chi connectivity index (χ3n) is 3.54. The van der Waals surface area contributed by atoms with E-state index in [1.807, 2.05) is 24.3 Å². The molecule has 0 bridgehead atoms. The minimum absolute atomic E-state index is 0.0209. The Morgan fingerprint density at radius 2 is 2.08 bits per heavy atom. The van der Waals surface area contributed by atoms with Gasteiger partial charge in [-0.05, 0) is 30.3 Å². The third-order valence-corrected chi connectivity index (χ3v) is 3.54. The van der Waals surface area contributed by atoms with E-state index in [0.29, 0.717) is 17.1 Å². The Morgan fingerprint density at radius 3 is 2.88 bits per heavy atom. The first-order valence-corrected chi connectivity index (χ1v) is 7.53. The van der Waals surface area contributed by atoms with Crippen molar-refractivity contribution < 1.29 is 14.3 Å². The van der Waals surface area contributed by atoms with Gasteiger partial charge in [0.2, 0.25) is 0 Å². The Morgan fingerprint density at radius 1 is 1.24 bits per heavy atom. The summed E-state index contributed by atoms with van der Waals surface area (Å²) in [7, 11) is 3.14. The van der Waals surface area contributed by atoms with E-state index >= 15 is 0 Å². The van der Waals surface area contributed by atoms with Gasteiger partial charge in [0.15, 0.2) is 0 Å². The molecule has 0 unspecified atom stereocenters. The first-order valence-electron chi connectivity index (χ1n) is 7.53. The van der Waals surface area contributed by atoms with Crippen LogP contribution >= 0.6 is 0 Å². The molecule has 0 fully saturated rings. The second-order valence-corrected chi connectivity index (χ2v) is 5.14. The van der Waals surface area contributed by atoms with E-state index in [1.54, 1.807) is 32.4 Å². The minimum Gasteiger partial charge on any atom is -0.497 e. The van der Waals surface area contributed by atoms with E-state index in [2.05, 4.69) is 20.8 Å². The van der Waals surface area contributed by atoms with Crippen molar-refractivity contribution >= 4 is 23.2 Å². The van der Waals surface area contributed by atoms with Crippen molar-refractivity contribution in [1.82, 2.24) is 20.4 Å². The summed E-state index contributed by atoms with van der Waals surface area (Å²) in [6.45, 7) is 0.0209. The second-order valence-electron chi connectivity index (χ2n) is 5.14. The van der Waals surface area contributed by atoms with Crippen molar-refractivity contribution in [2.24, 2.45) is 5.10 Å². The summed E-state index contributed by atoms with van der Waals surface area (Å²) in [4.78, 5) is 12.1. The largest absolute Gasteiger partial charge is 0.497 e. The molecule has 128 valence electrons. The SMILES string of the molecule is COc1ccc(OC)c(/C=N\NC(=O)Cn2nnc3ccccc32)c1. The number of fused-ring (bicyclic) bond motifs is 1. The molecular formula is C17H17N5O3. The molecular weight excluding hydrogens is 322 g/mol. The molecule has 2 aromatic carbocycles. The Bertz CT molecular complexity index is 920. The number of benzene rings is 2. The van der Waals surface area contributed by atoms with E-state index in [-0.39, 0.29) is 12.5 Å². The highest BCUT2D eigenvalue weighted by Crippen LogP contribution is 2.22. The van der Waals surface area contributed by atoms with E-state index in [1.165, 1.54) is 10.9 Å². The fourth-order valence-corrected chi connectivity index (χ4v) is 2.32. The van der Waals surface area contributed by atoms with Gasteiger partial charge in [0, 0.05) is 5.56 Å². The fourth-order valence-electron chi connectivity index (χ4n) is 2.32. The quantitative estimate of drug-likeness (QED) is 0.544. The van der Waals surface area contributed by atoms with E-state index in [4.69, 9.17) is 9.47 Å². The molecule has 0 spiro atoms. The normalized spacial score (nSPS) is 11.0. The predicted octanol–water partition coefficient (Wildman–Crippen LogP) is 1.60. The number of nitrogens with one attached hydrogen (secondary N) is 1. The lowest BCUT2D eigenvalue weighted by Crippen LogP contribution is -2.23. The first-order chi connectivity index (χ1) is 12.2. The maximum atomic E-state index is 12.1. The lowest BCUT2D eigenvalue weighted by Gasteiger charge is -2.06. The van der Waals surface area contributed by atoms with Crippen LogP contribution in [0, 0.1) is 0 Å². The summed E-state index contributed by atoms with van der Waals surface area (Å²) < 4.78 is 11.9. The van der Waals surface area contributed by atoms with Gasteiger partial charge in [-0.25, -0.2) is 10.1 Å². The van der Waals surface area contributed by atoms with Crippen LogP contribution in [0.1, 0.15) is 5.56 Å². The van der Waals surface area contributed by atoms with Gasteiger partial charge in [-0.1, -0.05) is 17.3 Å². The van der Waals surface area contributed by atoms with Gasteiger partial charge in [0.05, 0.1) is 26.0 Å². The summed E-state index contributed by atoms with van der Waals surface area (Å²) in [6.07, 6.45) is 1.50. The van der Waals surface area contributed by atoms with E-state index < -0.39 is 0 Å². The lowest BCUT2D eigenvalue weighted by atomic mass is 10.2. The van der Waals surface area contributed by atoms with Crippen LogP contribution in [0.15, 0.2) is 47.6 Å². The molecule has 1 N–H and O–H groups in total. The molecule has 1 heterocycles. The smallest absolute Gasteiger partial charge is 0.261 e. The monoisotopic (exact) mass is 339 g/mol. The predicted molar refractivity (Wildman–Crippen MR) is 92.8 cm³/mol. The zero-order chi connectivity index (χ0) is 17.6. The molecule has 0 aliphatic carbocycles. The minimum atomic E-state index is -0.311. The number of rotatable bonds is 6. The van der Waals surface area contributed by atoms with Crippen LogP contribution in [0.25, 0.3) is 11.0 Å². The van der Waals surface area contributed by atoms with Gasteiger partial charge in [-0.3, -0.25) is 4.79 Å². The summed E-state index contributed by atoms with van der Waals surface area (Å²) in [5.41, 5.74) is 4.68. The Hall–Kier alpha value is -3.42. The number of methoxy groups -OCH3 is 2. The van der Waals surface area contributed by atoms with Crippen LogP contribution in [0.3, 0.4) is 0 Å². The van der Waals surface area contributed by atoms with Crippen LogP contribution in [0.2, 0.25) is 0 Å². The van der Waals surface area contributed by atoms with Crippen molar-refractivity contribution in [3.8, 4) is 11.5 Å². The summed E-state index contributed by atoms with van der Waals surface area (Å²) in [5.74, 6) is 0.984. The number of ether oxygens (including phenoxy) is 2. The zero-order valence-corrected chi connectivity index (χ0v) is 13.8. The molecule has 8 heteroatoms. The van der Waals surface area contributed by atoms with Crippen LogP contribution in [0.4, 0.5) is 0 Å². The van der Waals surface area contributed by atoms with Gasteiger partial charge >= 0.3 is 0 Å². The Labute approximate surface area is 144 Å². The highest BCUT2D eigenvalue weighted by atomic mass is 16.5. The average molecular weight is 339 g/mol. The molecule has 1 amide bonds. The summed E-state index contributed by atoms with van der Waals surface area (Å²) in [5, 5.41) is 11.9. The van der Waals surface area contributed by atoms with Crippen molar-refractivity contribution in [3.63, 3.8) is 0 Å². The molecule has 0 radical (unpaired) electrons. The maximum Gasteiger partial charge on any atom is 0.261 e.